The van der Waals surface area contributed by atoms with Crippen LogP contribution in [0.15, 0.2) is 48.5 Å². The lowest BCUT2D eigenvalue weighted by atomic mass is 10.1. The normalized spacial score (nSPS) is 10.1. The highest BCUT2D eigenvalue weighted by atomic mass is 16.5. The van der Waals surface area contributed by atoms with E-state index in [0.29, 0.717) is 22.7 Å². The molecule has 0 spiro atoms. The van der Waals surface area contributed by atoms with Crippen molar-refractivity contribution in [3.63, 3.8) is 0 Å². The highest BCUT2D eigenvalue weighted by Crippen LogP contribution is 2.27. The van der Waals surface area contributed by atoms with E-state index in [2.05, 4.69) is 5.32 Å². The summed E-state index contributed by atoms with van der Waals surface area (Å²) in [5.74, 6) is 0.0741. The monoisotopic (exact) mass is 354 g/mol. The largest absolute Gasteiger partial charge is 0.495 e. The third-order valence-corrected chi connectivity index (χ3v) is 3.87. The summed E-state index contributed by atoms with van der Waals surface area (Å²) in [5, 5.41) is 2.75. The van der Waals surface area contributed by atoms with Gasteiger partial charge in [0.1, 0.15) is 5.75 Å². The highest BCUT2D eigenvalue weighted by Gasteiger charge is 2.17. The van der Waals surface area contributed by atoms with E-state index >= 15 is 0 Å². The van der Waals surface area contributed by atoms with E-state index < -0.39 is 0 Å². The molecular weight excluding hydrogens is 332 g/mol. The summed E-state index contributed by atoms with van der Waals surface area (Å²) in [6, 6.07) is 13.9. The van der Waals surface area contributed by atoms with Crippen molar-refractivity contribution >= 4 is 29.0 Å². The summed E-state index contributed by atoms with van der Waals surface area (Å²) in [6.07, 6.45) is 0.113. The molecule has 0 heterocycles. The fourth-order valence-electron chi connectivity index (χ4n) is 2.55. The van der Waals surface area contributed by atoms with Gasteiger partial charge in [-0.1, -0.05) is 24.3 Å². The van der Waals surface area contributed by atoms with E-state index in [1.807, 2.05) is 6.07 Å². The number of carbonyl (C=O) groups is 3. The number of nitrogens with one attached hydrogen (secondary N) is 1. The molecule has 2 aromatic rings. The molecule has 0 atom stereocenters. The molecule has 0 fully saturated rings. The van der Waals surface area contributed by atoms with Crippen LogP contribution in [0, 0.1) is 0 Å². The van der Waals surface area contributed by atoms with Gasteiger partial charge in [0.05, 0.1) is 12.8 Å². The average molecular weight is 354 g/mol. The molecule has 0 aliphatic heterocycles. The molecule has 0 saturated heterocycles. The molecule has 1 N–H and O–H groups in total. The summed E-state index contributed by atoms with van der Waals surface area (Å²) in [4.78, 5) is 37.2. The number of hydrogen-bond donors (Lipinski definition) is 1. The van der Waals surface area contributed by atoms with Crippen LogP contribution in [-0.4, -0.2) is 31.3 Å². The first-order chi connectivity index (χ1) is 12.4. The SMILES string of the molecule is COc1ccccc1N(CCC(=O)Nc1cccc(C(C)=O)c1)C(C)=O. The Balaban J connectivity index is 2.05. The molecule has 0 bridgehead atoms. The summed E-state index contributed by atoms with van der Waals surface area (Å²) in [5.41, 5.74) is 1.70. The van der Waals surface area contributed by atoms with Crippen LogP contribution in [0.1, 0.15) is 30.6 Å². The standard InChI is InChI=1S/C20H22N2O4/c1-14(23)16-7-6-8-17(13-16)21-20(25)11-12-22(15(2)24)18-9-4-5-10-19(18)26-3/h4-10,13H,11-12H2,1-3H3,(H,21,25). The van der Waals surface area contributed by atoms with E-state index in [1.165, 1.54) is 25.9 Å². The van der Waals surface area contributed by atoms with Crippen LogP contribution in [0.3, 0.4) is 0 Å². The number of rotatable bonds is 7. The van der Waals surface area contributed by atoms with Gasteiger partial charge in [0.2, 0.25) is 11.8 Å². The van der Waals surface area contributed by atoms with E-state index in [-0.39, 0.29) is 30.6 Å². The molecule has 0 saturated carbocycles. The zero-order valence-electron chi connectivity index (χ0n) is 15.1. The second-order valence-corrected chi connectivity index (χ2v) is 5.78. The number of para-hydroxylation sites is 2. The number of amides is 2. The number of hydrogen-bond acceptors (Lipinski definition) is 4. The summed E-state index contributed by atoms with van der Waals surface area (Å²) >= 11 is 0. The van der Waals surface area contributed by atoms with E-state index in [1.54, 1.807) is 42.5 Å². The summed E-state index contributed by atoms with van der Waals surface area (Å²) in [7, 11) is 1.53. The first-order valence-corrected chi connectivity index (χ1v) is 8.24. The Morgan fingerprint density at radius 3 is 2.42 bits per heavy atom. The molecule has 0 radical (unpaired) electrons. The van der Waals surface area contributed by atoms with Crippen LogP contribution in [0.5, 0.6) is 5.75 Å². The molecule has 2 aromatic carbocycles. The van der Waals surface area contributed by atoms with Gasteiger partial charge in [-0.25, -0.2) is 0 Å². The average Bonchev–Trinajstić information content (AvgIpc) is 2.62. The van der Waals surface area contributed by atoms with Crippen LogP contribution < -0.4 is 15.0 Å². The van der Waals surface area contributed by atoms with Crippen molar-refractivity contribution < 1.29 is 19.1 Å². The maximum Gasteiger partial charge on any atom is 0.226 e. The van der Waals surface area contributed by atoms with Crippen molar-refractivity contribution in [2.45, 2.75) is 20.3 Å². The van der Waals surface area contributed by atoms with Crippen molar-refractivity contribution in [1.82, 2.24) is 0 Å². The number of benzene rings is 2. The molecule has 0 aromatic heterocycles. The number of Topliss-reactive ketones (excluding diaryl/α,β-unsaturated/α-hetero) is 1. The van der Waals surface area contributed by atoms with Crippen LogP contribution in [0.2, 0.25) is 0 Å². The topological polar surface area (TPSA) is 75.7 Å². The van der Waals surface area contributed by atoms with Crippen LogP contribution in [0.25, 0.3) is 0 Å². The number of nitrogens with zero attached hydrogens (tertiary/aromatic N) is 1. The number of methoxy groups -OCH3 is 1. The lowest BCUT2D eigenvalue weighted by Gasteiger charge is -2.23. The number of ether oxygens (including phenoxy) is 1. The Bertz CT molecular complexity index is 817. The van der Waals surface area contributed by atoms with Crippen molar-refractivity contribution in [3.8, 4) is 5.75 Å². The predicted octanol–water partition coefficient (Wildman–Crippen LogP) is 3.28. The smallest absolute Gasteiger partial charge is 0.226 e. The Morgan fingerprint density at radius 2 is 1.77 bits per heavy atom. The molecule has 136 valence electrons. The third kappa shape index (κ3) is 4.92. The number of carbonyl (C=O) groups excluding carboxylic acids is 3. The molecule has 6 heteroatoms. The van der Waals surface area contributed by atoms with Crippen LogP contribution in [-0.2, 0) is 9.59 Å². The first-order valence-electron chi connectivity index (χ1n) is 8.24. The Kier molecular flexibility index (Phi) is 6.49. The maximum absolute atomic E-state index is 12.2. The minimum Gasteiger partial charge on any atom is -0.495 e. The van der Waals surface area contributed by atoms with E-state index in [9.17, 15) is 14.4 Å². The maximum atomic E-state index is 12.2. The Hall–Kier alpha value is -3.15. The van der Waals surface area contributed by atoms with Gasteiger partial charge in [-0.15, -0.1) is 0 Å². The predicted molar refractivity (Wildman–Crippen MR) is 101 cm³/mol. The molecule has 26 heavy (non-hydrogen) atoms. The van der Waals surface area contributed by atoms with Gasteiger partial charge in [-0.2, -0.15) is 0 Å². The fourth-order valence-corrected chi connectivity index (χ4v) is 2.55. The number of anilines is 2. The number of ketones is 1. The minimum atomic E-state index is -0.244. The molecule has 2 amide bonds. The van der Waals surface area contributed by atoms with Crippen molar-refractivity contribution in [3.05, 3.63) is 54.1 Å². The van der Waals surface area contributed by atoms with Gasteiger partial charge in [0.25, 0.3) is 0 Å². The third-order valence-electron chi connectivity index (χ3n) is 3.87. The van der Waals surface area contributed by atoms with Crippen molar-refractivity contribution in [2.24, 2.45) is 0 Å². The Morgan fingerprint density at radius 1 is 1.04 bits per heavy atom. The fraction of sp³-hybridized carbons (Fsp3) is 0.250. The molecule has 0 aliphatic rings. The van der Waals surface area contributed by atoms with Crippen LogP contribution >= 0.6 is 0 Å². The zero-order chi connectivity index (χ0) is 19.1. The molecule has 6 nitrogen and oxygen atoms in total. The van der Waals surface area contributed by atoms with Gasteiger partial charge >= 0.3 is 0 Å². The van der Waals surface area contributed by atoms with Gasteiger partial charge < -0.3 is 15.0 Å². The summed E-state index contributed by atoms with van der Waals surface area (Å²) < 4.78 is 5.29. The van der Waals surface area contributed by atoms with Crippen molar-refractivity contribution in [2.75, 3.05) is 23.9 Å². The van der Waals surface area contributed by atoms with Crippen molar-refractivity contribution in [1.29, 1.82) is 0 Å². The van der Waals surface area contributed by atoms with Gasteiger partial charge in [0, 0.05) is 31.1 Å². The quantitative estimate of drug-likeness (QED) is 0.774. The van der Waals surface area contributed by atoms with Gasteiger partial charge in [0.15, 0.2) is 5.78 Å². The zero-order valence-corrected chi connectivity index (χ0v) is 15.1. The minimum absolute atomic E-state index is 0.0694. The van der Waals surface area contributed by atoms with Gasteiger partial charge in [-0.05, 0) is 31.2 Å². The highest BCUT2D eigenvalue weighted by molar-refractivity contribution is 5.98. The second kappa shape index (κ2) is 8.80. The molecular formula is C20H22N2O4. The summed E-state index contributed by atoms with van der Waals surface area (Å²) in [6.45, 7) is 3.13. The van der Waals surface area contributed by atoms with Gasteiger partial charge in [-0.3, -0.25) is 14.4 Å². The Labute approximate surface area is 152 Å². The van der Waals surface area contributed by atoms with E-state index in [0.717, 1.165) is 0 Å². The molecule has 0 unspecified atom stereocenters. The second-order valence-electron chi connectivity index (χ2n) is 5.78. The van der Waals surface area contributed by atoms with Crippen LogP contribution in [0.4, 0.5) is 11.4 Å². The molecule has 0 aliphatic carbocycles. The lowest BCUT2D eigenvalue weighted by molar-refractivity contribution is -0.117. The first kappa shape index (κ1) is 19.2. The van der Waals surface area contributed by atoms with E-state index in [4.69, 9.17) is 4.74 Å². The molecule has 2 rings (SSSR count). The lowest BCUT2D eigenvalue weighted by Crippen LogP contribution is -2.32.